The van der Waals surface area contributed by atoms with Crippen LogP contribution in [0.3, 0.4) is 0 Å². The van der Waals surface area contributed by atoms with Crippen LogP contribution in [-0.2, 0) is 0 Å². The fraction of sp³-hybridized carbons (Fsp3) is 0.333. The summed E-state index contributed by atoms with van der Waals surface area (Å²) in [5.74, 6) is 1.03. The molecule has 3 rings (SSSR count). The molecule has 4 nitrogen and oxygen atoms in total. The lowest BCUT2D eigenvalue weighted by atomic mass is 10.1. The highest BCUT2D eigenvalue weighted by molar-refractivity contribution is 7.11. The summed E-state index contributed by atoms with van der Waals surface area (Å²) in [7, 11) is 0. The van der Waals surface area contributed by atoms with Crippen LogP contribution in [0, 0.1) is 6.92 Å². The monoisotopic (exact) mass is 247 g/mol. The molecule has 0 aliphatic carbocycles. The van der Waals surface area contributed by atoms with Gasteiger partial charge in [0.1, 0.15) is 11.9 Å². The molecular weight excluding hydrogens is 234 g/mol. The third-order valence-electron chi connectivity index (χ3n) is 2.72. The van der Waals surface area contributed by atoms with Crippen LogP contribution < -0.4 is 9.64 Å². The Balaban J connectivity index is 1.58. The molecule has 1 aliphatic rings. The van der Waals surface area contributed by atoms with E-state index in [0.717, 1.165) is 29.8 Å². The summed E-state index contributed by atoms with van der Waals surface area (Å²) in [6, 6.07) is 6.08. The highest BCUT2D eigenvalue weighted by Crippen LogP contribution is 2.23. The Kier molecular flexibility index (Phi) is 2.68. The Bertz CT molecular complexity index is 494. The lowest BCUT2D eigenvalue weighted by Gasteiger charge is -2.39. The van der Waals surface area contributed by atoms with E-state index in [1.807, 2.05) is 30.5 Å². The molecule has 88 valence electrons. The minimum absolute atomic E-state index is 0.239. The van der Waals surface area contributed by atoms with Gasteiger partial charge in [-0.05, 0) is 19.1 Å². The van der Waals surface area contributed by atoms with Crippen molar-refractivity contribution in [1.82, 2.24) is 9.97 Å². The van der Waals surface area contributed by atoms with Crippen LogP contribution in [0.25, 0.3) is 0 Å². The van der Waals surface area contributed by atoms with Gasteiger partial charge in [-0.2, -0.15) is 0 Å². The molecule has 0 spiro atoms. The van der Waals surface area contributed by atoms with E-state index in [1.54, 1.807) is 6.20 Å². The van der Waals surface area contributed by atoms with Crippen molar-refractivity contribution in [3.63, 3.8) is 0 Å². The predicted molar refractivity (Wildman–Crippen MR) is 67.7 cm³/mol. The van der Waals surface area contributed by atoms with Gasteiger partial charge < -0.3 is 9.64 Å². The third kappa shape index (κ3) is 2.24. The summed E-state index contributed by atoms with van der Waals surface area (Å²) >= 11 is 1.53. The summed E-state index contributed by atoms with van der Waals surface area (Å²) in [4.78, 5) is 10.8. The lowest BCUT2D eigenvalue weighted by molar-refractivity contribution is 0.166. The number of pyridine rings is 1. The molecule has 17 heavy (non-hydrogen) atoms. The fourth-order valence-corrected chi connectivity index (χ4v) is 2.37. The van der Waals surface area contributed by atoms with Crippen LogP contribution in [0.1, 0.15) is 5.69 Å². The summed E-state index contributed by atoms with van der Waals surface area (Å²) in [5, 5.41) is 2.68. The van der Waals surface area contributed by atoms with Crippen LogP contribution in [0.5, 0.6) is 5.19 Å². The number of rotatable bonds is 3. The first-order valence-corrected chi connectivity index (χ1v) is 6.44. The largest absolute Gasteiger partial charge is 0.463 e. The molecule has 1 saturated heterocycles. The second-order valence-electron chi connectivity index (χ2n) is 4.08. The molecule has 2 aromatic heterocycles. The van der Waals surface area contributed by atoms with Crippen LogP contribution in [0.2, 0.25) is 0 Å². The van der Waals surface area contributed by atoms with Gasteiger partial charge in [0, 0.05) is 17.3 Å². The Morgan fingerprint density at radius 2 is 2.29 bits per heavy atom. The van der Waals surface area contributed by atoms with Crippen molar-refractivity contribution in [3.05, 3.63) is 35.5 Å². The van der Waals surface area contributed by atoms with Gasteiger partial charge in [-0.3, -0.25) is 0 Å². The Morgan fingerprint density at radius 3 is 3.00 bits per heavy atom. The molecule has 0 unspecified atom stereocenters. The minimum Gasteiger partial charge on any atom is -0.463 e. The number of nitrogens with zero attached hydrogens (tertiary/aromatic N) is 3. The van der Waals surface area contributed by atoms with E-state index < -0.39 is 0 Å². The van der Waals surface area contributed by atoms with E-state index in [1.165, 1.54) is 11.3 Å². The summed E-state index contributed by atoms with van der Waals surface area (Å²) in [6.07, 6.45) is 2.00. The summed E-state index contributed by atoms with van der Waals surface area (Å²) in [5.41, 5.74) is 1.05. The van der Waals surface area contributed by atoms with E-state index in [0.29, 0.717) is 0 Å². The van der Waals surface area contributed by atoms with Crippen molar-refractivity contribution in [2.45, 2.75) is 13.0 Å². The maximum Gasteiger partial charge on any atom is 0.273 e. The van der Waals surface area contributed by atoms with Crippen molar-refractivity contribution in [1.29, 1.82) is 0 Å². The molecule has 1 fully saturated rings. The van der Waals surface area contributed by atoms with E-state index in [9.17, 15) is 0 Å². The van der Waals surface area contributed by atoms with E-state index in [2.05, 4.69) is 14.9 Å². The zero-order chi connectivity index (χ0) is 11.7. The first-order chi connectivity index (χ1) is 8.31. The van der Waals surface area contributed by atoms with Crippen molar-refractivity contribution < 1.29 is 4.74 Å². The maximum absolute atomic E-state index is 5.71. The van der Waals surface area contributed by atoms with Crippen LogP contribution in [-0.4, -0.2) is 29.2 Å². The molecule has 2 aromatic rings. The molecule has 0 bridgehead atoms. The third-order valence-corrected chi connectivity index (χ3v) is 3.38. The number of aryl methyl sites for hydroxylation is 1. The number of aromatic nitrogens is 2. The number of hydrogen-bond donors (Lipinski definition) is 0. The zero-order valence-electron chi connectivity index (χ0n) is 9.54. The number of hydrogen-bond acceptors (Lipinski definition) is 5. The standard InChI is InChI=1S/C12H13N3OS/c1-9-3-2-4-11(14-9)15-7-10(8-15)16-12-13-5-6-17-12/h2-6,10H,7-8H2,1H3. The smallest absolute Gasteiger partial charge is 0.273 e. The van der Waals surface area contributed by atoms with Gasteiger partial charge in [-0.15, -0.1) is 0 Å². The van der Waals surface area contributed by atoms with Gasteiger partial charge in [0.2, 0.25) is 0 Å². The van der Waals surface area contributed by atoms with Crippen molar-refractivity contribution in [2.24, 2.45) is 0 Å². The van der Waals surface area contributed by atoms with Crippen molar-refractivity contribution >= 4 is 17.2 Å². The maximum atomic E-state index is 5.71. The highest BCUT2D eigenvalue weighted by Gasteiger charge is 2.29. The second-order valence-corrected chi connectivity index (χ2v) is 4.94. The zero-order valence-corrected chi connectivity index (χ0v) is 10.4. The van der Waals surface area contributed by atoms with Crippen LogP contribution in [0.15, 0.2) is 29.8 Å². The van der Waals surface area contributed by atoms with Gasteiger partial charge in [-0.25, -0.2) is 9.97 Å². The molecule has 0 amide bonds. The van der Waals surface area contributed by atoms with Crippen molar-refractivity contribution in [2.75, 3.05) is 18.0 Å². The average molecular weight is 247 g/mol. The fourth-order valence-electron chi connectivity index (χ4n) is 1.82. The van der Waals surface area contributed by atoms with Gasteiger partial charge in [0.15, 0.2) is 0 Å². The van der Waals surface area contributed by atoms with Crippen molar-refractivity contribution in [3.8, 4) is 5.19 Å². The molecule has 0 N–H and O–H groups in total. The number of anilines is 1. The molecule has 5 heteroatoms. The topological polar surface area (TPSA) is 38.2 Å². The number of thiazole rings is 1. The molecule has 0 atom stereocenters. The first-order valence-electron chi connectivity index (χ1n) is 5.56. The summed E-state index contributed by atoms with van der Waals surface area (Å²) in [6.45, 7) is 3.78. The molecule has 1 aliphatic heterocycles. The van der Waals surface area contributed by atoms with Crippen LogP contribution >= 0.6 is 11.3 Å². The normalized spacial score (nSPS) is 15.7. The van der Waals surface area contributed by atoms with Gasteiger partial charge in [0.05, 0.1) is 13.1 Å². The van der Waals surface area contributed by atoms with Gasteiger partial charge >= 0.3 is 0 Å². The molecule has 0 radical (unpaired) electrons. The van der Waals surface area contributed by atoms with Crippen LogP contribution in [0.4, 0.5) is 5.82 Å². The average Bonchev–Trinajstić information content (AvgIpc) is 2.75. The minimum atomic E-state index is 0.239. The Labute approximate surface area is 104 Å². The molecule has 0 saturated carbocycles. The first kappa shape index (κ1) is 10.5. The van der Waals surface area contributed by atoms with E-state index in [-0.39, 0.29) is 6.10 Å². The molecule has 3 heterocycles. The SMILES string of the molecule is Cc1cccc(N2CC(Oc3nccs3)C2)n1. The lowest BCUT2D eigenvalue weighted by Crippen LogP contribution is -2.54. The van der Waals surface area contributed by atoms with Gasteiger partial charge in [-0.1, -0.05) is 17.4 Å². The van der Waals surface area contributed by atoms with E-state index >= 15 is 0 Å². The predicted octanol–water partition coefficient (Wildman–Crippen LogP) is 2.11. The van der Waals surface area contributed by atoms with E-state index in [4.69, 9.17) is 4.74 Å². The molecule has 0 aromatic carbocycles. The molecular formula is C12H13N3OS. The highest BCUT2D eigenvalue weighted by atomic mass is 32.1. The summed E-state index contributed by atoms with van der Waals surface area (Å²) < 4.78 is 5.71. The number of ether oxygens (including phenoxy) is 1. The van der Waals surface area contributed by atoms with Gasteiger partial charge in [0.25, 0.3) is 5.19 Å². The Morgan fingerprint density at radius 1 is 1.41 bits per heavy atom. The second kappa shape index (κ2) is 4.33. The quantitative estimate of drug-likeness (QED) is 0.832. The Hall–Kier alpha value is -1.62.